The molecular formula is C27H34N4O5S. The van der Waals surface area contributed by atoms with Crippen molar-refractivity contribution in [3.05, 3.63) is 35.2 Å². The lowest BCUT2D eigenvalue weighted by molar-refractivity contribution is -0.113. The number of esters is 2. The average molecular weight is 527 g/mol. The van der Waals surface area contributed by atoms with Crippen molar-refractivity contribution >= 4 is 35.3 Å². The zero-order chi connectivity index (χ0) is 26.2. The van der Waals surface area contributed by atoms with E-state index in [1.54, 1.807) is 0 Å². The summed E-state index contributed by atoms with van der Waals surface area (Å²) in [5.74, 6) is 2.30. The Balaban J connectivity index is 1.25. The molecule has 1 aromatic heterocycles. The van der Waals surface area contributed by atoms with Crippen LogP contribution in [0.15, 0.2) is 23.4 Å². The lowest BCUT2D eigenvalue weighted by atomic mass is 9.49. The average Bonchev–Trinajstić information content (AvgIpc) is 3.25. The van der Waals surface area contributed by atoms with Crippen molar-refractivity contribution in [2.24, 2.45) is 23.2 Å². The molecule has 1 heterocycles. The molecule has 4 aliphatic carbocycles. The molecule has 4 fully saturated rings. The quantitative estimate of drug-likeness (QED) is 0.379. The second kappa shape index (κ2) is 10.5. The van der Waals surface area contributed by atoms with Gasteiger partial charge in [0.25, 0.3) is 0 Å². The summed E-state index contributed by atoms with van der Waals surface area (Å²) in [5, 5.41) is 12.5. The van der Waals surface area contributed by atoms with Crippen LogP contribution in [0.25, 0.3) is 0 Å². The number of ether oxygens (including phenoxy) is 2. The summed E-state index contributed by atoms with van der Waals surface area (Å²) >= 11 is 1.34. The third kappa shape index (κ3) is 5.39. The molecule has 0 spiro atoms. The van der Waals surface area contributed by atoms with Gasteiger partial charge in [-0.2, -0.15) is 0 Å². The fourth-order valence-electron chi connectivity index (χ4n) is 7.21. The summed E-state index contributed by atoms with van der Waals surface area (Å²) in [5.41, 5.74) is 0.978. The number of benzene rings is 1. The number of thioether (sulfide) groups is 1. The maximum absolute atomic E-state index is 12.8. The number of aromatic nitrogens is 3. The second-order valence-corrected chi connectivity index (χ2v) is 11.8. The minimum atomic E-state index is -0.613. The highest BCUT2D eigenvalue weighted by atomic mass is 32.2. The number of amides is 1. The van der Waals surface area contributed by atoms with Gasteiger partial charge < -0.3 is 19.4 Å². The summed E-state index contributed by atoms with van der Waals surface area (Å²) in [6.45, 7) is 2.84. The maximum atomic E-state index is 12.8. The third-order valence-electron chi connectivity index (χ3n) is 8.20. The van der Waals surface area contributed by atoms with Gasteiger partial charge >= 0.3 is 11.9 Å². The van der Waals surface area contributed by atoms with Crippen LogP contribution in [0.1, 0.15) is 72.0 Å². The van der Waals surface area contributed by atoms with E-state index in [9.17, 15) is 14.4 Å². The summed E-state index contributed by atoms with van der Waals surface area (Å²) < 4.78 is 11.7. The van der Waals surface area contributed by atoms with Crippen LogP contribution in [0.2, 0.25) is 0 Å². The van der Waals surface area contributed by atoms with E-state index in [0.29, 0.717) is 11.1 Å². The number of carbonyl (C=O) groups is 3. The lowest BCUT2D eigenvalue weighted by Gasteiger charge is -2.56. The molecule has 4 bridgehead atoms. The number of hydrogen-bond acceptors (Lipinski definition) is 8. The van der Waals surface area contributed by atoms with Gasteiger partial charge in [-0.25, -0.2) is 9.59 Å². The molecule has 0 saturated heterocycles. The number of methoxy groups -OCH3 is 2. The molecule has 37 heavy (non-hydrogen) atoms. The summed E-state index contributed by atoms with van der Waals surface area (Å²) in [6.07, 6.45) is 9.18. The van der Waals surface area contributed by atoms with Crippen LogP contribution in [0.3, 0.4) is 0 Å². The van der Waals surface area contributed by atoms with Crippen molar-refractivity contribution in [2.45, 2.75) is 63.6 Å². The Kier molecular flexibility index (Phi) is 7.29. The Morgan fingerprint density at radius 1 is 0.973 bits per heavy atom. The van der Waals surface area contributed by atoms with Crippen molar-refractivity contribution in [2.75, 3.05) is 25.3 Å². The minimum absolute atomic E-state index is 0.117. The van der Waals surface area contributed by atoms with Crippen molar-refractivity contribution in [1.82, 2.24) is 14.8 Å². The number of anilines is 1. The van der Waals surface area contributed by atoms with E-state index >= 15 is 0 Å². The van der Waals surface area contributed by atoms with Crippen LogP contribution in [-0.4, -0.2) is 52.6 Å². The predicted octanol–water partition coefficient (Wildman–Crippen LogP) is 4.36. The Hall–Kier alpha value is -2.88. The van der Waals surface area contributed by atoms with Crippen molar-refractivity contribution in [3.63, 3.8) is 0 Å². The smallest absolute Gasteiger partial charge is 0.337 e. The molecule has 10 heteroatoms. The molecule has 0 atom stereocenters. The Morgan fingerprint density at radius 2 is 1.54 bits per heavy atom. The van der Waals surface area contributed by atoms with Crippen LogP contribution in [-0.2, 0) is 27.2 Å². The summed E-state index contributed by atoms with van der Waals surface area (Å²) in [6, 6.07) is 4.31. The second-order valence-electron chi connectivity index (χ2n) is 10.9. The van der Waals surface area contributed by atoms with Crippen molar-refractivity contribution in [1.29, 1.82) is 0 Å². The number of carbonyl (C=O) groups excluding carboxylic acids is 3. The zero-order valence-electron chi connectivity index (χ0n) is 21.6. The van der Waals surface area contributed by atoms with E-state index in [1.165, 1.54) is 82.7 Å². The van der Waals surface area contributed by atoms with Gasteiger partial charge in [0.1, 0.15) is 5.82 Å². The van der Waals surface area contributed by atoms with Crippen LogP contribution in [0.5, 0.6) is 0 Å². The molecule has 0 radical (unpaired) electrons. The molecule has 0 aliphatic heterocycles. The molecule has 198 valence electrons. The van der Waals surface area contributed by atoms with Crippen molar-refractivity contribution < 1.29 is 23.9 Å². The maximum Gasteiger partial charge on any atom is 0.337 e. The van der Waals surface area contributed by atoms with Gasteiger partial charge in [-0.05, 0) is 86.8 Å². The van der Waals surface area contributed by atoms with Gasteiger partial charge in [0.15, 0.2) is 5.16 Å². The Labute approximate surface area is 221 Å². The number of nitrogens with zero attached hydrogens (tertiary/aromatic N) is 3. The first-order valence-electron chi connectivity index (χ1n) is 13.0. The number of hydrogen-bond donors (Lipinski definition) is 1. The van der Waals surface area contributed by atoms with Crippen LogP contribution in [0.4, 0.5) is 5.69 Å². The first-order chi connectivity index (χ1) is 17.8. The van der Waals surface area contributed by atoms with Gasteiger partial charge in [0, 0.05) is 18.7 Å². The summed E-state index contributed by atoms with van der Waals surface area (Å²) in [4.78, 5) is 36.8. The first-order valence-corrected chi connectivity index (χ1v) is 14.0. The normalized spacial score (nSPS) is 25.6. The monoisotopic (exact) mass is 526 g/mol. The topological polar surface area (TPSA) is 112 Å². The van der Waals surface area contributed by atoms with E-state index in [1.807, 2.05) is 0 Å². The predicted molar refractivity (Wildman–Crippen MR) is 138 cm³/mol. The Morgan fingerprint density at radius 3 is 2.05 bits per heavy atom. The highest BCUT2D eigenvalue weighted by Crippen LogP contribution is 2.61. The fourth-order valence-corrected chi connectivity index (χ4v) is 8.04. The van der Waals surface area contributed by atoms with E-state index < -0.39 is 11.9 Å². The van der Waals surface area contributed by atoms with E-state index in [4.69, 9.17) is 9.47 Å². The highest BCUT2D eigenvalue weighted by molar-refractivity contribution is 7.99. The number of rotatable bonds is 9. The Bertz CT molecular complexity index is 1140. The highest BCUT2D eigenvalue weighted by Gasteiger charge is 2.51. The summed E-state index contributed by atoms with van der Waals surface area (Å²) in [7, 11) is 2.51. The van der Waals surface area contributed by atoms with E-state index in [-0.39, 0.29) is 22.8 Å². The standard InChI is InChI=1S/C27H34N4O5S/c1-4-31-22(14-27-11-16-5-17(12-27)7-18(6-16)13-27)29-30-26(31)37-15-23(32)28-21-9-19(24(33)35-2)8-20(10-21)25(34)36-3/h8-10,16-18H,4-7,11-15H2,1-3H3,(H,28,32). The first kappa shape index (κ1) is 25.8. The molecule has 6 rings (SSSR count). The minimum Gasteiger partial charge on any atom is -0.465 e. The molecule has 0 unspecified atom stereocenters. The third-order valence-corrected chi connectivity index (χ3v) is 9.17. The molecule has 1 amide bonds. The van der Waals surface area contributed by atoms with Gasteiger partial charge in [-0.15, -0.1) is 10.2 Å². The lowest BCUT2D eigenvalue weighted by Crippen LogP contribution is -2.47. The fraction of sp³-hybridized carbons (Fsp3) is 0.593. The van der Waals surface area contributed by atoms with Crippen molar-refractivity contribution in [3.8, 4) is 0 Å². The molecule has 2 aromatic rings. The largest absolute Gasteiger partial charge is 0.465 e. The molecule has 1 N–H and O–H groups in total. The molecule has 4 saturated carbocycles. The zero-order valence-corrected chi connectivity index (χ0v) is 22.4. The van der Waals surface area contributed by atoms with Crippen LogP contribution in [0, 0.1) is 23.2 Å². The van der Waals surface area contributed by atoms with Gasteiger partial charge in [-0.1, -0.05) is 11.8 Å². The molecule has 9 nitrogen and oxygen atoms in total. The molecule has 4 aliphatic rings. The SMILES string of the molecule is CCn1c(CC23CC4CC(CC(C4)C2)C3)nnc1SCC(=O)Nc1cc(C(=O)OC)cc(C(=O)OC)c1. The van der Waals surface area contributed by atoms with Gasteiger partial charge in [-0.3, -0.25) is 4.79 Å². The van der Waals surface area contributed by atoms with Crippen LogP contribution < -0.4 is 5.32 Å². The van der Waals surface area contributed by atoms with Gasteiger partial charge in [0.05, 0.1) is 31.1 Å². The molecule has 1 aromatic carbocycles. The van der Waals surface area contributed by atoms with E-state index in [0.717, 1.165) is 41.7 Å². The van der Waals surface area contributed by atoms with E-state index in [2.05, 4.69) is 27.0 Å². The van der Waals surface area contributed by atoms with Gasteiger partial charge in [0.2, 0.25) is 5.91 Å². The molecular weight excluding hydrogens is 492 g/mol. The van der Waals surface area contributed by atoms with Crippen LogP contribution >= 0.6 is 11.8 Å². The number of nitrogens with one attached hydrogen (secondary N) is 1.